The van der Waals surface area contributed by atoms with Crippen LogP contribution in [0.4, 0.5) is 4.79 Å². The number of imide groups is 1. The van der Waals surface area contributed by atoms with Crippen LogP contribution in [0.5, 0.6) is 0 Å². The van der Waals surface area contributed by atoms with Crippen molar-refractivity contribution in [2.45, 2.75) is 0 Å². The van der Waals surface area contributed by atoms with E-state index in [-0.39, 0.29) is 11.1 Å². The summed E-state index contributed by atoms with van der Waals surface area (Å²) in [4.78, 5) is 33.7. The Balaban J connectivity index is 1.83. The van der Waals surface area contributed by atoms with E-state index < -0.39 is 0 Å². The maximum atomic E-state index is 12.1. The summed E-state index contributed by atoms with van der Waals surface area (Å²) in [5, 5.41) is 0.731. The quantitative estimate of drug-likeness (QED) is 0.657. The van der Waals surface area contributed by atoms with Crippen LogP contribution in [-0.4, -0.2) is 33.1 Å². The Labute approximate surface area is 148 Å². The molecular weight excluding hydrogens is 334 g/mol. The third kappa shape index (κ3) is 2.81. The minimum Gasteiger partial charge on any atom is -0.272 e. The number of carbonyl (C=O) groups excluding carboxylic acids is 2. The molecular formula is C19H13N3O2S. The lowest BCUT2D eigenvalue weighted by atomic mass is 10.0. The van der Waals surface area contributed by atoms with Crippen molar-refractivity contribution in [1.82, 2.24) is 14.9 Å². The van der Waals surface area contributed by atoms with E-state index in [1.165, 1.54) is 7.05 Å². The fourth-order valence-corrected chi connectivity index (χ4v) is 3.56. The number of thioether (sulfide) groups is 1. The van der Waals surface area contributed by atoms with Crippen LogP contribution in [0.2, 0.25) is 0 Å². The van der Waals surface area contributed by atoms with Crippen molar-refractivity contribution in [2.24, 2.45) is 0 Å². The number of likely N-dealkylation sites (N-methyl/N-ethyl adjacent to an activating group) is 1. The number of nitrogens with zero attached hydrogens (tertiary/aromatic N) is 3. The van der Waals surface area contributed by atoms with Gasteiger partial charge in [0, 0.05) is 31.0 Å². The summed E-state index contributed by atoms with van der Waals surface area (Å²) in [7, 11) is 1.49. The minimum absolute atomic E-state index is 0.254. The molecule has 0 spiro atoms. The molecule has 0 bridgehead atoms. The summed E-state index contributed by atoms with van der Waals surface area (Å²) in [6.45, 7) is 0. The second kappa shape index (κ2) is 6.14. The van der Waals surface area contributed by atoms with E-state index in [4.69, 9.17) is 0 Å². The monoisotopic (exact) mass is 347 g/mol. The SMILES string of the molecule is CN1C(=O)SC(=Cc2ccc3nccc(-c4ccncc4)c3c2)C1=O. The van der Waals surface area contributed by atoms with Gasteiger partial charge in [0.25, 0.3) is 11.1 Å². The molecule has 0 unspecified atom stereocenters. The van der Waals surface area contributed by atoms with Crippen LogP contribution in [-0.2, 0) is 4.79 Å². The number of aromatic nitrogens is 2. The first kappa shape index (κ1) is 15.5. The molecule has 6 heteroatoms. The average Bonchev–Trinajstić information content (AvgIpc) is 2.89. The summed E-state index contributed by atoms with van der Waals surface area (Å²) in [6, 6.07) is 11.7. The van der Waals surface area contributed by atoms with Crippen molar-refractivity contribution in [3.05, 3.63) is 65.5 Å². The molecule has 1 fully saturated rings. The summed E-state index contributed by atoms with van der Waals surface area (Å²) in [5.41, 5.74) is 3.82. The zero-order valence-corrected chi connectivity index (χ0v) is 14.2. The molecule has 0 aliphatic carbocycles. The highest BCUT2D eigenvalue weighted by molar-refractivity contribution is 8.18. The van der Waals surface area contributed by atoms with Crippen LogP contribution in [0.15, 0.2) is 59.9 Å². The van der Waals surface area contributed by atoms with E-state index in [2.05, 4.69) is 9.97 Å². The predicted octanol–water partition coefficient (Wildman–Crippen LogP) is 3.96. The van der Waals surface area contributed by atoms with E-state index in [0.717, 1.165) is 44.3 Å². The molecule has 3 aromatic rings. The first-order valence-electron chi connectivity index (χ1n) is 7.64. The van der Waals surface area contributed by atoms with Gasteiger partial charge < -0.3 is 0 Å². The van der Waals surface area contributed by atoms with Gasteiger partial charge in [-0.25, -0.2) is 0 Å². The Morgan fingerprint density at radius 3 is 2.56 bits per heavy atom. The molecule has 0 radical (unpaired) electrons. The van der Waals surface area contributed by atoms with Gasteiger partial charge in [-0.1, -0.05) is 6.07 Å². The normalized spacial score (nSPS) is 16.2. The Kier molecular flexibility index (Phi) is 3.82. The first-order chi connectivity index (χ1) is 12.1. The highest BCUT2D eigenvalue weighted by atomic mass is 32.2. The Morgan fingerprint density at radius 1 is 1.04 bits per heavy atom. The topological polar surface area (TPSA) is 63.2 Å². The molecule has 122 valence electrons. The van der Waals surface area contributed by atoms with Gasteiger partial charge in [0.1, 0.15) is 0 Å². The highest BCUT2D eigenvalue weighted by Gasteiger charge is 2.31. The lowest BCUT2D eigenvalue weighted by Gasteiger charge is -2.07. The molecule has 3 heterocycles. The molecule has 0 N–H and O–H groups in total. The largest absolute Gasteiger partial charge is 0.293 e. The zero-order valence-electron chi connectivity index (χ0n) is 13.3. The van der Waals surface area contributed by atoms with Gasteiger partial charge in [-0.15, -0.1) is 0 Å². The van der Waals surface area contributed by atoms with E-state index in [1.807, 2.05) is 36.4 Å². The molecule has 4 rings (SSSR count). The van der Waals surface area contributed by atoms with Gasteiger partial charge in [-0.3, -0.25) is 24.5 Å². The van der Waals surface area contributed by atoms with Gasteiger partial charge in [0.05, 0.1) is 10.4 Å². The number of carbonyl (C=O) groups is 2. The third-order valence-corrected chi connectivity index (χ3v) is 5.00. The fourth-order valence-electron chi connectivity index (χ4n) is 2.73. The number of hydrogen-bond donors (Lipinski definition) is 0. The Bertz CT molecular complexity index is 1030. The van der Waals surface area contributed by atoms with Crippen LogP contribution < -0.4 is 0 Å². The van der Waals surface area contributed by atoms with Crippen LogP contribution in [0.1, 0.15) is 5.56 Å². The maximum absolute atomic E-state index is 12.1. The molecule has 25 heavy (non-hydrogen) atoms. The number of hydrogen-bond acceptors (Lipinski definition) is 5. The smallest absolute Gasteiger partial charge is 0.272 e. The van der Waals surface area contributed by atoms with E-state index in [0.29, 0.717) is 4.91 Å². The van der Waals surface area contributed by atoms with Crippen molar-refractivity contribution in [1.29, 1.82) is 0 Å². The van der Waals surface area contributed by atoms with Crippen molar-refractivity contribution in [2.75, 3.05) is 7.05 Å². The molecule has 0 saturated carbocycles. The number of amides is 2. The predicted molar refractivity (Wildman–Crippen MR) is 98.7 cm³/mol. The van der Waals surface area contributed by atoms with E-state index >= 15 is 0 Å². The molecule has 0 atom stereocenters. The number of fused-ring (bicyclic) bond motifs is 1. The van der Waals surface area contributed by atoms with Crippen molar-refractivity contribution < 1.29 is 9.59 Å². The van der Waals surface area contributed by atoms with Crippen LogP contribution in [0, 0.1) is 0 Å². The summed E-state index contributed by atoms with van der Waals surface area (Å²) in [6.07, 6.45) is 7.03. The van der Waals surface area contributed by atoms with Crippen molar-refractivity contribution in [3.63, 3.8) is 0 Å². The van der Waals surface area contributed by atoms with Gasteiger partial charge in [0.15, 0.2) is 0 Å². The molecule has 1 aliphatic heterocycles. The Morgan fingerprint density at radius 2 is 1.84 bits per heavy atom. The molecule has 1 saturated heterocycles. The summed E-state index contributed by atoms with van der Waals surface area (Å²) in [5.74, 6) is -0.268. The molecule has 5 nitrogen and oxygen atoms in total. The van der Waals surface area contributed by atoms with Crippen molar-refractivity contribution >= 4 is 39.9 Å². The fraction of sp³-hybridized carbons (Fsp3) is 0.0526. The van der Waals surface area contributed by atoms with Gasteiger partial charge in [-0.2, -0.15) is 0 Å². The number of pyridine rings is 2. The van der Waals surface area contributed by atoms with Gasteiger partial charge in [0.2, 0.25) is 0 Å². The maximum Gasteiger partial charge on any atom is 0.293 e. The first-order valence-corrected chi connectivity index (χ1v) is 8.46. The average molecular weight is 347 g/mol. The number of benzene rings is 1. The van der Waals surface area contributed by atoms with Gasteiger partial charge in [-0.05, 0) is 64.9 Å². The molecule has 2 amide bonds. The summed E-state index contributed by atoms with van der Waals surface area (Å²) < 4.78 is 0. The second-order valence-electron chi connectivity index (χ2n) is 5.61. The summed E-state index contributed by atoms with van der Waals surface area (Å²) >= 11 is 0.957. The van der Waals surface area contributed by atoms with E-state index in [1.54, 1.807) is 24.7 Å². The number of rotatable bonds is 2. The standard InChI is InChI=1S/C19H13N3O2S/c1-22-18(23)17(25-19(22)24)11-12-2-3-16-15(10-12)14(6-9-21-16)13-4-7-20-8-5-13/h2-11H,1H3. The van der Waals surface area contributed by atoms with E-state index in [9.17, 15) is 9.59 Å². The van der Waals surface area contributed by atoms with Crippen LogP contribution >= 0.6 is 11.8 Å². The lowest BCUT2D eigenvalue weighted by molar-refractivity contribution is -0.121. The third-order valence-electron chi connectivity index (χ3n) is 4.04. The zero-order chi connectivity index (χ0) is 17.4. The molecule has 1 aliphatic rings. The highest BCUT2D eigenvalue weighted by Crippen LogP contribution is 2.33. The Hall–Kier alpha value is -2.99. The second-order valence-corrected chi connectivity index (χ2v) is 6.60. The minimum atomic E-state index is -0.268. The van der Waals surface area contributed by atoms with Crippen molar-refractivity contribution in [3.8, 4) is 11.1 Å². The molecule has 1 aromatic carbocycles. The van der Waals surface area contributed by atoms with Crippen LogP contribution in [0.3, 0.4) is 0 Å². The lowest BCUT2D eigenvalue weighted by Crippen LogP contribution is -2.22. The van der Waals surface area contributed by atoms with Crippen LogP contribution in [0.25, 0.3) is 28.1 Å². The molecule has 2 aromatic heterocycles. The van der Waals surface area contributed by atoms with Gasteiger partial charge >= 0.3 is 0 Å².